The number of aromatic amines is 1. The number of nitrogens with two attached hydrogens (primary N) is 1. The normalized spacial score (nSPS) is 12.6. The van der Waals surface area contributed by atoms with E-state index in [-0.39, 0.29) is 0 Å². The highest BCUT2D eigenvalue weighted by Gasteiger charge is 2.17. The first kappa shape index (κ1) is 11.6. The van der Waals surface area contributed by atoms with Crippen molar-refractivity contribution in [3.05, 3.63) is 30.2 Å². The predicted octanol–water partition coefficient (Wildman–Crippen LogP) is 2.96. The van der Waals surface area contributed by atoms with E-state index < -0.39 is 0 Å². The van der Waals surface area contributed by atoms with Crippen LogP contribution in [0.3, 0.4) is 0 Å². The maximum Gasteiger partial charge on any atom is 0.153 e. The fourth-order valence-corrected chi connectivity index (χ4v) is 2.13. The molecule has 1 atom stereocenters. The van der Waals surface area contributed by atoms with E-state index in [9.17, 15) is 0 Å². The van der Waals surface area contributed by atoms with Crippen molar-refractivity contribution in [2.24, 2.45) is 0 Å². The quantitative estimate of drug-likeness (QED) is 0.848. The van der Waals surface area contributed by atoms with Gasteiger partial charge in [-0.3, -0.25) is 10.1 Å². The van der Waals surface area contributed by atoms with Gasteiger partial charge < -0.3 is 5.73 Å². The van der Waals surface area contributed by atoms with Crippen LogP contribution in [0.1, 0.15) is 38.3 Å². The van der Waals surface area contributed by atoms with Crippen molar-refractivity contribution < 1.29 is 0 Å². The van der Waals surface area contributed by atoms with E-state index in [4.69, 9.17) is 5.73 Å². The van der Waals surface area contributed by atoms with Crippen molar-refractivity contribution in [1.29, 1.82) is 0 Å². The van der Waals surface area contributed by atoms with Crippen LogP contribution in [0.2, 0.25) is 0 Å². The van der Waals surface area contributed by atoms with E-state index in [1.54, 1.807) is 12.4 Å². The SMILES string of the molecule is CCCC(C)c1[nH]nc(N)c1-c1ccncc1. The van der Waals surface area contributed by atoms with Crippen LogP contribution in [-0.4, -0.2) is 15.2 Å². The Morgan fingerprint density at radius 1 is 1.35 bits per heavy atom. The fourth-order valence-electron chi connectivity index (χ4n) is 2.13. The Morgan fingerprint density at radius 3 is 2.71 bits per heavy atom. The van der Waals surface area contributed by atoms with Gasteiger partial charge in [0.05, 0.1) is 0 Å². The molecule has 0 saturated carbocycles. The molecule has 0 radical (unpaired) electrons. The van der Waals surface area contributed by atoms with Crippen LogP contribution in [0.4, 0.5) is 5.82 Å². The van der Waals surface area contributed by atoms with Gasteiger partial charge in [-0.2, -0.15) is 5.10 Å². The molecule has 2 aromatic heterocycles. The number of nitrogens with one attached hydrogen (secondary N) is 1. The number of hydrogen-bond acceptors (Lipinski definition) is 3. The number of anilines is 1. The molecule has 2 aromatic rings. The summed E-state index contributed by atoms with van der Waals surface area (Å²) in [5.74, 6) is 1.00. The topological polar surface area (TPSA) is 67.6 Å². The van der Waals surface area contributed by atoms with Crippen molar-refractivity contribution in [3.63, 3.8) is 0 Å². The molecular weight excluding hydrogens is 212 g/mol. The van der Waals surface area contributed by atoms with Crippen molar-refractivity contribution in [1.82, 2.24) is 15.2 Å². The smallest absolute Gasteiger partial charge is 0.153 e. The van der Waals surface area contributed by atoms with Crippen LogP contribution in [0.25, 0.3) is 11.1 Å². The highest BCUT2D eigenvalue weighted by Crippen LogP contribution is 2.33. The molecule has 17 heavy (non-hydrogen) atoms. The zero-order chi connectivity index (χ0) is 12.3. The Kier molecular flexibility index (Phi) is 3.42. The van der Waals surface area contributed by atoms with E-state index in [1.165, 1.54) is 0 Å². The van der Waals surface area contributed by atoms with Crippen LogP contribution in [0.5, 0.6) is 0 Å². The second-order valence-corrected chi connectivity index (χ2v) is 4.32. The Morgan fingerprint density at radius 2 is 2.06 bits per heavy atom. The van der Waals surface area contributed by atoms with Crippen molar-refractivity contribution >= 4 is 5.82 Å². The molecule has 0 amide bonds. The van der Waals surface area contributed by atoms with Crippen LogP contribution in [0, 0.1) is 0 Å². The highest BCUT2D eigenvalue weighted by molar-refractivity contribution is 5.76. The molecule has 2 rings (SSSR count). The summed E-state index contributed by atoms with van der Waals surface area (Å²) in [5.41, 5.74) is 9.16. The van der Waals surface area contributed by atoms with Gasteiger partial charge in [0.1, 0.15) is 0 Å². The van der Waals surface area contributed by atoms with Gasteiger partial charge >= 0.3 is 0 Å². The zero-order valence-corrected chi connectivity index (χ0v) is 10.3. The molecule has 0 aromatic carbocycles. The maximum absolute atomic E-state index is 5.94. The second-order valence-electron chi connectivity index (χ2n) is 4.32. The third kappa shape index (κ3) is 2.30. The number of H-pyrrole nitrogens is 1. The number of hydrogen-bond donors (Lipinski definition) is 2. The molecule has 0 saturated heterocycles. The third-order valence-electron chi connectivity index (χ3n) is 3.01. The third-order valence-corrected chi connectivity index (χ3v) is 3.01. The molecule has 1 unspecified atom stereocenters. The molecule has 3 N–H and O–H groups in total. The zero-order valence-electron chi connectivity index (χ0n) is 10.3. The predicted molar refractivity (Wildman–Crippen MR) is 69.6 cm³/mol. The molecule has 4 heteroatoms. The first-order chi connectivity index (χ1) is 8.24. The first-order valence-electron chi connectivity index (χ1n) is 5.98. The highest BCUT2D eigenvalue weighted by atomic mass is 15.2. The van der Waals surface area contributed by atoms with Gasteiger partial charge in [0.25, 0.3) is 0 Å². The Hall–Kier alpha value is -1.84. The summed E-state index contributed by atoms with van der Waals surface area (Å²) in [5, 5.41) is 7.19. The van der Waals surface area contributed by atoms with Crippen molar-refractivity contribution in [2.75, 3.05) is 5.73 Å². The number of nitrogens with zero attached hydrogens (tertiary/aromatic N) is 2. The average Bonchev–Trinajstić information content (AvgIpc) is 2.73. The summed E-state index contributed by atoms with van der Waals surface area (Å²) in [6.45, 7) is 4.38. The van der Waals surface area contributed by atoms with Gasteiger partial charge in [0, 0.05) is 23.7 Å². The number of aromatic nitrogens is 3. The minimum atomic E-state index is 0.438. The van der Waals surface area contributed by atoms with E-state index in [1.807, 2.05) is 12.1 Å². The molecular formula is C13H18N4. The Labute approximate surface area is 101 Å². The van der Waals surface area contributed by atoms with E-state index in [2.05, 4.69) is 29.0 Å². The maximum atomic E-state index is 5.94. The van der Waals surface area contributed by atoms with E-state index >= 15 is 0 Å². The minimum absolute atomic E-state index is 0.438. The van der Waals surface area contributed by atoms with Gasteiger partial charge in [-0.15, -0.1) is 0 Å². The monoisotopic (exact) mass is 230 g/mol. The summed E-state index contributed by atoms with van der Waals surface area (Å²) in [6, 6.07) is 3.92. The largest absolute Gasteiger partial charge is 0.382 e. The van der Waals surface area contributed by atoms with Gasteiger partial charge in [-0.25, -0.2) is 0 Å². The Balaban J connectivity index is 2.43. The molecule has 90 valence electrons. The van der Waals surface area contributed by atoms with Crippen LogP contribution in [0.15, 0.2) is 24.5 Å². The van der Waals surface area contributed by atoms with E-state index in [0.717, 1.165) is 29.7 Å². The average molecular weight is 230 g/mol. The van der Waals surface area contributed by atoms with Crippen LogP contribution in [-0.2, 0) is 0 Å². The molecule has 0 spiro atoms. The molecule has 0 aliphatic carbocycles. The lowest BCUT2D eigenvalue weighted by molar-refractivity contribution is 0.646. The molecule has 2 heterocycles. The number of pyridine rings is 1. The van der Waals surface area contributed by atoms with Gasteiger partial charge in [0.15, 0.2) is 5.82 Å². The standard InChI is InChI=1S/C13H18N4/c1-3-4-9(2)12-11(13(14)17-16-12)10-5-7-15-8-6-10/h5-9H,3-4H2,1-2H3,(H3,14,16,17). The summed E-state index contributed by atoms with van der Waals surface area (Å²) in [6.07, 6.45) is 5.82. The number of nitrogen functional groups attached to an aromatic ring is 1. The van der Waals surface area contributed by atoms with Gasteiger partial charge in [-0.05, 0) is 30.0 Å². The van der Waals surface area contributed by atoms with Gasteiger partial charge in [0.2, 0.25) is 0 Å². The molecule has 0 bridgehead atoms. The summed E-state index contributed by atoms with van der Waals surface area (Å²) >= 11 is 0. The Bertz CT molecular complexity index is 475. The molecule has 0 aliphatic rings. The van der Waals surface area contributed by atoms with Crippen molar-refractivity contribution in [3.8, 4) is 11.1 Å². The lowest BCUT2D eigenvalue weighted by atomic mass is 9.95. The van der Waals surface area contributed by atoms with Gasteiger partial charge in [-0.1, -0.05) is 20.3 Å². The fraction of sp³-hybridized carbons (Fsp3) is 0.385. The lowest BCUT2D eigenvalue weighted by Crippen LogP contribution is -1.97. The van der Waals surface area contributed by atoms with E-state index in [0.29, 0.717) is 11.7 Å². The first-order valence-corrected chi connectivity index (χ1v) is 5.98. The van der Waals surface area contributed by atoms with Crippen molar-refractivity contribution in [2.45, 2.75) is 32.6 Å². The minimum Gasteiger partial charge on any atom is -0.382 e. The summed E-state index contributed by atoms with van der Waals surface area (Å²) < 4.78 is 0. The van der Waals surface area contributed by atoms with Crippen LogP contribution >= 0.6 is 0 Å². The molecule has 4 nitrogen and oxygen atoms in total. The molecule has 0 fully saturated rings. The number of rotatable bonds is 4. The summed E-state index contributed by atoms with van der Waals surface area (Å²) in [4.78, 5) is 4.02. The second kappa shape index (κ2) is 4.99. The molecule has 0 aliphatic heterocycles. The van der Waals surface area contributed by atoms with Crippen LogP contribution < -0.4 is 5.73 Å². The summed E-state index contributed by atoms with van der Waals surface area (Å²) in [7, 11) is 0. The lowest BCUT2D eigenvalue weighted by Gasteiger charge is -2.10.